The molecule has 1 atom stereocenters. The van der Waals surface area contributed by atoms with E-state index in [0.29, 0.717) is 50.6 Å². The van der Waals surface area contributed by atoms with Gasteiger partial charge in [0, 0.05) is 62.5 Å². The van der Waals surface area contributed by atoms with Gasteiger partial charge >= 0.3 is 0 Å². The molecule has 0 spiro atoms. The molecule has 3 heterocycles. The standard InChI is InChI=1S/C30H40FN5O2/c1-2-38-28-9-5-7-26(31)25(28)21-35-16-18-36(19-17-35)30(37)29(32)22-10-13-34(14-11-22)15-12-24-20-23-6-3-4-8-27(23)33-24/h3-9,20,22,29,33H,2,10-19,21,32H2,1H3/t29-/m1/s1. The minimum absolute atomic E-state index is 0.0575. The van der Waals surface area contributed by atoms with Crippen LogP contribution in [0, 0.1) is 11.7 Å². The summed E-state index contributed by atoms with van der Waals surface area (Å²) in [4.78, 5) is 23.3. The Balaban J connectivity index is 1.06. The molecule has 38 heavy (non-hydrogen) atoms. The van der Waals surface area contributed by atoms with Gasteiger partial charge in [-0.1, -0.05) is 24.3 Å². The highest BCUT2D eigenvalue weighted by Gasteiger charge is 2.33. The summed E-state index contributed by atoms with van der Waals surface area (Å²) in [6.07, 6.45) is 2.90. The molecule has 2 fully saturated rings. The molecule has 2 aliphatic heterocycles. The van der Waals surface area contributed by atoms with Gasteiger partial charge in [0.1, 0.15) is 11.6 Å². The second-order valence-corrected chi connectivity index (χ2v) is 10.6. The number of aromatic nitrogens is 1. The highest BCUT2D eigenvalue weighted by atomic mass is 19.1. The maximum Gasteiger partial charge on any atom is 0.239 e. The molecule has 0 bridgehead atoms. The number of nitrogens with one attached hydrogen (secondary N) is 1. The quantitative estimate of drug-likeness (QED) is 0.450. The van der Waals surface area contributed by atoms with E-state index in [1.165, 1.54) is 22.7 Å². The van der Waals surface area contributed by atoms with Crippen LogP contribution in [0.15, 0.2) is 48.5 Å². The number of benzene rings is 2. The average molecular weight is 522 g/mol. The first-order valence-electron chi connectivity index (χ1n) is 14.0. The molecular weight excluding hydrogens is 481 g/mol. The molecule has 2 saturated heterocycles. The molecule has 0 unspecified atom stereocenters. The fourth-order valence-corrected chi connectivity index (χ4v) is 5.83. The molecule has 3 N–H and O–H groups in total. The van der Waals surface area contributed by atoms with Crippen molar-refractivity contribution in [3.63, 3.8) is 0 Å². The first-order chi connectivity index (χ1) is 18.5. The molecular formula is C30H40FN5O2. The van der Waals surface area contributed by atoms with Crippen molar-refractivity contribution in [3.05, 3.63) is 65.6 Å². The summed E-state index contributed by atoms with van der Waals surface area (Å²) in [5.74, 6) is 0.629. The van der Waals surface area contributed by atoms with E-state index in [0.717, 1.165) is 38.9 Å². The number of piperazine rings is 1. The van der Waals surface area contributed by atoms with Crippen LogP contribution in [-0.2, 0) is 17.8 Å². The van der Waals surface area contributed by atoms with Gasteiger partial charge in [0.05, 0.1) is 12.6 Å². The normalized spacial score (nSPS) is 18.7. The zero-order valence-electron chi connectivity index (χ0n) is 22.4. The summed E-state index contributed by atoms with van der Waals surface area (Å²) in [5.41, 5.74) is 9.55. The molecule has 1 aromatic heterocycles. The molecule has 0 radical (unpaired) electrons. The lowest BCUT2D eigenvalue weighted by Gasteiger charge is -2.39. The van der Waals surface area contributed by atoms with Crippen molar-refractivity contribution in [2.24, 2.45) is 11.7 Å². The van der Waals surface area contributed by atoms with Gasteiger partial charge in [0.2, 0.25) is 5.91 Å². The smallest absolute Gasteiger partial charge is 0.239 e. The Bertz CT molecular complexity index is 1180. The predicted octanol–water partition coefficient (Wildman–Crippen LogP) is 3.63. The van der Waals surface area contributed by atoms with E-state index < -0.39 is 6.04 Å². The van der Waals surface area contributed by atoms with Crippen molar-refractivity contribution >= 4 is 16.8 Å². The van der Waals surface area contributed by atoms with Crippen molar-refractivity contribution in [1.82, 2.24) is 19.7 Å². The fourth-order valence-electron chi connectivity index (χ4n) is 5.83. The SMILES string of the molecule is CCOc1cccc(F)c1CN1CCN(C(=O)[C@H](N)C2CCN(CCc3cc4ccccc4[nH]3)CC2)CC1. The molecule has 7 nitrogen and oxygen atoms in total. The second-order valence-electron chi connectivity index (χ2n) is 10.6. The van der Waals surface area contributed by atoms with Crippen molar-refractivity contribution in [3.8, 4) is 5.75 Å². The lowest BCUT2D eigenvalue weighted by molar-refractivity contribution is -0.136. The number of H-pyrrole nitrogens is 1. The Kier molecular flexibility index (Phi) is 8.61. The number of likely N-dealkylation sites (tertiary alicyclic amines) is 1. The third-order valence-corrected chi connectivity index (χ3v) is 8.15. The summed E-state index contributed by atoms with van der Waals surface area (Å²) < 4.78 is 20.1. The van der Waals surface area contributed by atoms with E-state index >= 15 is 0 Å². The maximum absolute atomic E-state index is 14.5. The number of fused-ring (bicyclic) bond motifs is 1. The fraction of sp³-hybridized carbons (Fsp3) is 0.500. The third-order valence-electron chi connectivity index (χ3n) is 8.15. The monoisotopic (exact) mass is 521 g/mol. The number of halogens is 1. The number of nitrogens with two attached hydrogens (primary N) is 1. The number of carbonyl (C=O) groups excluding carboxylic acids is 1. The van der Waals surface area contributed by atoms with Gasteiger partial charge in [-0.15, -0.1) is 0 Å². The number of para-hydroxylation sites is 1. The van der Waals surface area contributed by atoms with Gasteiger partial charge < -0.3 is 25.3 Å². The third kappa shape index (κ3) is 6.20. The van der Waals surface area contributed by atoms with E-state index in [2.05, 4.69) is 45.1 Å². The van der Waals surface area contributed by atoms with Crippen LogP contribution in [-0.4, -0.2) is 84.1 Å². The van der Waals surface area contributed by atoms with E-state index in [1.807, 2.05) is 17.9 Å². The minimum Gasteiger partial charge on any atom is -0.493 e. The molecule has 204 valence electrons. The van der Waals surface area contributed by atoms with Crippen LogP contribution in [0.5, 0.6) is 5.75 Å². The number of rotatable bonds is 9. The van der Waals surface area contributed by atoms with E-state index in [9.17, 15) is 9.18 Å². The summed E-state index contributed by atoms with van der Waals surface area (Å²) in [6, 6.07) is 15.1. The van der Waals surface area contributed by atoms with Gasteiger partial charge in [0.25, 0.3) is 0 Å². The molecule has 1 amide bonds. The van der Waals surface area contributed by atoms with Gasteiger partial charge in [-0.05, 0) is 68.4 Å². The Morgan fingerprint density at radius 2 is 1.82 bits per heavy atom. The van der Waals surface area contributed by atoms with Gasteiger partial charge in [0.15, 0.2) is 0 Å². The van der Waals surface area contributed by atoms with E-state index in [4.69, 9.17) is 10.5 Å². The van der Waals surface area contributed by atoms with Crippen molar-refractivity contribution < 1.29 is 13.9 Å². The number of amides is 1. The number of nitrogens with zero attached hydrogens (tertiary/aromatic N) is 3. The van der Waals surface area contributed by atoms with Crippen LogP contribution in [0.2, 0.25) is 0 Å². The van der Waals surface area contributed by atoms with Crippen LogP contribution in [0.1, 0.15) is 31.0 Å². The highest BCUT2D eigenvalue weighted by molar-refractivity contribution is 5.82. The van der Waals surface area contributed by atoms with Crippen LogP contribution in [0.3, 0.4) is 0 Å². The number of carbonyl (C=O) groups is 1. The average Bonchev–Trinajstić information content (AvgIpc) is 3.37. The van der Waals surface area contributed by atoms with Crippen molar-refractivity contribution in [2.75, 3.05) is 52.4 Å². The first-order valence-corrected chi connectivity index (χ1v) is 14.0. The van der Waals surface area contributed by atoms with Gasteiger partial charge in [-0.25, -0.2) is 4.39 Å². The molecule has 2 aromatic carbocycles. The number of ether oxygens (including phenoxy) is 1. The Labute approximate surface area is 224 Å². The lowest BCUT2D eigenvalue weighted by Crippen LogP contribution is -2.55. The summed E-state index contributed by atoms with van der Waals surface area (Å²) in [5, 5.41) is 1.26. The molecule has 0 aliphatic carbocycles. The zero-order chi connectivity index (χ0) is 26.5. The van der Waals surface area contributed by atoms with Crippen LogP contribution >= 0.6 is 0 Å². The zero-order valence-corrected chi connectivity index (χ0v) is 22.4. The van der Waals surface area contributed by atoms with Crippen molar-refractivity contribution in [2.45, 2.75) is 38.8 Å². The van der Waals surface area contributed by atoms with E-state index in [1.54, 1.807) is 6.07 Å². The molecule has 2 aliphatic rings. The van der Waals surface area contributed by atoms with Crippen LogP contribution in [0.25, 0.3) is 10.9 Å². The molecule has 8 heteroatoms. The Morgan fingerprint density at radius 1 is 1.05 bits per heavy atom. The topological polar surface area (TPSA) is 77.8 Å². The number of hydrogen-bond acceptors (Lipinski definition) is 5. The Hall–Kier alpha value is -2.94. The minimum atomic E-state index is -0.450. The molecule has 5 rings (SSSR count). The van der Waals surface area contributed by atoms with Crippen molar-refractivity contribution in [1.29, 1.82) is 0 Å². The summed E-state index contributed by atoms with van der Waals surface area (Å²) in [7, 11) is 0. The number of piperidine rings is 1. The molecule has 3 aromatic rings. The number of aromatic amines is 1. The second kappa shape index (κ2) is 12.3. The van der Waals surface area contributed by atoms with Crippen LogP contribution in [0.4, 0.5) is 4.39 Å². The predicted molar refractivity (Wildman–Crippen MR) is 149 cm³/mol. The maximum atomic E-state index is 14.5. The summed E-state index contributed by atoms with van der Waals surface area (Å²) in [6.45, 7) is 8.48. The summed E-state index contributed by atoms with van der Waals surface area (Å²) >= 11 is 0. The largest absolute Gasteiger partial charge is 0.493 e. The molecule has 0 saturated carbocycles. The number of hydrogen-bond donors (Lipinski definition) is 2. The lowest BCUT2D eigenvalue weighted by atomic mass is 9.89. The van der Waals surface area contributed by atoms with Gasteiger partial charge in [-0.2, -0.15) is 0 Å². The van der Waals surface area contributed by atoms with E-state index in [-0.39, 0.29) is 17.6 Å². The Morgan fingerprint density at radius 3 is 2.55 bits per heavy atom. The van der Waals surface area contributed by atoms with Crippen LogP contribution < -0.4 is 10.5 Å². The van der Waals surface area contributed by atoms with Gasteiger partial charge in [-0.3, -0.25) is 9.69 Å². The first kappa shape index (κ1) is 26.7. The highest BCUT2D eigenvalue weighted by Crippen LogP contribution is 2.25.